The lowest BCUT2D eigenvalue weighted by Gasteiger charge is -2.12. The molecule has 0 spiro atoms. The molecule has 27 heavy (non-hydrogen) atoms. The molecule has 4 aromatic heterocycles. The molecule has 140 valence electrons. The molecule has 0 amide bonds. The number of alkyl halides is 4. The predicted molar refractivity (Wildman–Crippen MR) is 107 cm³/mol. The Morgan fingerprint density at radius 3 is 2.67 bits per heavy atom. The number of nitrogens with zero attached hydrogens (tertiary/aromatic N) is 5. The molecule has 0 radical (unpaired) electrons. The van der Waals surface area contributed by atoms with Crippen molar-refractivity contribution in [3.8, 4) is 11.5 Å². The molecule has 5 nitrogen and oxygen atoms in total. The zero-order valence-corrected chi connectivity index (χ0v) is 17.0. The SMILES string of the molecule is CCSc1c(-c2nc3cccnc3n2CI)nc2cccc(C(F)(F)F)n12. The van der Waals surface area contributed by atoms with Crippen LogP contribution >= 0.6 is 34.4 Å². The van der Waals surface area contributed by atoms with E-state index in [1.807, 2.05) is 17.6 Å². The Bertz CT molecular complexity index is 1130. The Kier molecular flexibility index (Phi) is 4.78. The van der Waals surface area contributed by atoms with Gasteiger partial charge in [0, 0.05) is 6.20 Å². The molecule has 0 aromatic carbocycles. The first-order valence-corrected chi connectivity index (χ1v) is 10.6. The van der Waals surface area contributed by atoms with E-state index in [4.69, 9.17) is 0 Å². The fourth-order valence-corrected chi connectivity index (χ4v) is 4.47. The van der Waals surface area contributed by atoms with Crippen LogP contribution in [-0.4, -0.2) is 29.7 Å². The summed E-state index contributed by atoms with van der Waals surface area (Å²) in [6.45, 7) is 1.90. The van der Waals surface area contributed by atoms with E-state index in [2.05, 4.69) is 37.5 Å². The molecule has 0 N–H and O–H groups in total. The zero-order valence-electron chi connectivity index (χ0n) is 14.0. The smallest absolute Gasteiger partial charge is 0.297 e. The topological polar surface area (TPSA) is 48.0 Å². The molecular weight excluding hydrogens is 490 g/mol. The summed E-state index contributed by atoms with van der Waals surface area (Å²) >= 11 is 3.50. The first kappa shape index (κ1) is 18.5. The monoisotopic (exact) mass is 503 g/mol. The van der Waals surface area contributed by atoms with Crippen molar-refractivity contribution in [3.63, 3.8) is 0 Å². The highest BCUT2D eigenvalue weighted by Gasteiger charge is 2.35. The predicted octanol–water partition coefficient (Wildman–Crippen LogP) is 5.27. The van der Waals surface area contributed by atoms with Gasteiger partial charge in [-0.1, -0.05) is 35.6 Å². The normalized spacial score (nSPS) is 12.3. The van der Waals surface area contributed by atoms with Gasteiger partial charge < -0.3 is 0 Å². The molecule has 0 atom stereocenters. The summed E-state index contributed by atoms with van der Waals surface area (Å²) in [6.07, 6.45) is -2.81. The number of hydrogen-bond donors (Lipinski definition) is 0. The molecule has 10 heteroatoms. The number of aromatic nitrogens is 5. The number of hydrogen-bond acceptors (Lipinski definition) is 4. The first-order valence-electron chi connectivity index (χ1n) is 8.04. The minimum atomic E-state index is -4.48. The summed E-state index contributed by atoms with van der Waals surface area (Å²) in [4.78, 5) is 13.5. The Morgan fingerprint density at radius 1 is 1.15 bits per heavy atom. The van der Waals surface area contributed by atoms with Crippen molar-refractivity contribution in [2.75, 3.05) is 5.75 Å². The van der Waals surface area contributed by atoms with Crippen molar-refractivity contribution >= 4 is 51.2 Å². The van der Waals surface area contributed by atoms with Gasteiger partial charge in [-0.25, -0.2) is 15.0 Å². The van der Waals surface area contributed by atoms with Crippen molar-refractivity contribution in [1.82, 2.24) is 23.9 Å². The second-order valence-corrected chi connectivity index (χ2v) is 7.57. The van der Waals surface area contributed by atoms with Crippen LogP contribution in [-0.2, 0) is 10.7 Å². The molecule has 0 saturated carbocycles. The minimum absolute atomic E-state index is 0.246. The van der Waals surface area contributed by atoms with Crippen LogP contribution in [0.1, 0.15) is 12.6 Å². The molecule has 0 aliphatic heterocycles. The Balaban J connectivity index is 2.07. The number of thioether (sulfide) groups is 1. The fourth-order valence-electron chi connectivity index (χ4n) is 2.96. The average molecular weight is 503 g/mol. The molecule has 0 aliphatic rings. The molecule has 0 bridgehead atoms. The third kappa shape index (κ3) is 3.08. The van der Waals surface area contributed by atoms with Crippen molar-refractivity contribution in [2.24, 2.45) is 0 Å². The van der Waals surface area contributed by atoms with Gasteiger partial charge in [0.05, 0.1) is 4.55 Å². The van der Waals surface area contributed by atoms with Crippen LogP contribution in [0.25, 0.3) is 28.3 Å². The average Bonchev–Trinajstić information content (AvgIpc) is 3.19. The summed E-state index contributed by atoms with van der Waals surface area (Å²) in [5, 5.41) is 0.432. The van der Waals surface area contributed by atoms with E-state index < -0.39 is 11.9 Å². The molecule has 0 unspecified atom stereocenters. The quantitative estimate of drug-likeness (QED) is 0.216. The van der Waals surface area contributed by atoms with Crippen LogP contribution < -0.4 is 0 Å². The van der Waals surface area contributed by atoms with Crippen LogP contribution in [0.3, 0.4) is 0 Å². The highest BCUT2D eigenvalue weighted by atomic mass is 127. The van der Waals surface area contributed by atoms with Crippen LogP contribution in [0.4, 0.5) is 13.2 Å². The van der Waals surface area contributed by atoms with E-state index in [1.54, 1.807) is 18.3 Å². The lowest BCUT2D eigenvalue weighted by molar-refractivity contribution is -0.142. The van der Waals surface area contributed by atoms with E-state index in [-0.39, 0.29) is 5.65 Å². The highest BCUT2D eigenvalue weighted by molar-refractivity contribution is 14.1. The van der Waals surface area contributed by atoms with Crippen molar-refractivity contribution in [2.45, 2.75) is 22.7 Å². The number of imidazole rings is 2. The molecule has 0 aliphatic carbocycles. The van der Waals surface area contributed by atoms with E-state index in [9.17, 15) is 13.2 Å². The van der Waals surface area contributed by atoms with Gasteiger partial charge in [-0.05, 0) is 30.0 Å². The second-order valence-electron chi connectivity index (χ2n) is 5.63. The van der Waals surface area contributed by atoms with Gasteiger partial charge in [0.25, 0.3) is 0 Å². The number of fused-ring (bicyclic) bond motifs is 2. The van der Waals surface area contributed by atoms with Gasteiger partial charge >= 0.3 is 6.18 Å². The molecular formula is C17H13F3IN5S. The maximum absolute atomic E-state index is 13.6. The van der Waals surface area contributed by atoms with Crippen LogP contribution in [0.15, 0.2) is 41.6 Å². The molecule has 4 rings (SSSR count). The third-order valence-corrected chi connectivity index (χ3v) is 5.63. The Morgan fingerprint density at radius 2 is 1.96 bits per heavy atom. The van der Waals surface area contributed by atoms with Gasteiger partial charge in [-0.15, -0.1) is 11.8 Å². The summed E-state index contributed by atoms with van der Waals surface area (Å²) in [7, 11) is 0. The fraction of sp³-hybridized carbons (Fsp3) is 0.235. The summed E-state index contributed by atoms with van der Waals surface area (Å²) in [5.41, 5.74) is 1.31. The second kappa shape index (κ2) is 6.97. The molecule has 0 fully saturated rings. The summed E-state index contributed by atoms with van der Waals surface area (Å²) in [6, 6.07) is 7.63. The van der Waals surface area contributed by atoms with Gasteiger partial charge in [-0.3, -0.25) is 8.97 Å². The number of rotatable bonds is 4. The van der Waals surface area contributed by atoms with Gasteiger partial charge in [0.2, 0.25) is 0 Å². The zero-order chi connectivity index (χ0) is 19.2. The van der Waals surface area contributed by atoms with Crippen molar-refractivity contribution in [3.05, 3.63) is 42.2 Å². The lowest BCUT2D eigenvalue weighted by atomic mass is 10.3. The minimum Gasteiger partial charge on any atom is -0.297 e. The van der Waals surface area contributed by atoms with Crippen LogP contribution in [0, 0.1) is 0 Å². The van der Waals surface area contributed by atoms with E-state index in [0.717, 1.165) is 6.07 Å². The molecule has 0 saturated heterocycles. The number of pyridine rings is 2. The first-order chi connectivity index (χ1) is 13.0. The van der Waals surface area contributed by atoms with E-state index in [0.29, 0.717) is 38.0 Å². The summed E-state index contributed by atoms with van der Waals surface area (Å²) < 4.78 is 44.3. The van der Waals surface area contributed by atoms with Gasteiger partial charge in [0.15, 0.2) is 11.5 Å². The third-order valence-electron chi connectivity index (χ3n) is 4.01. The van der Waals surface area contributed by atoms with Gasteiger partial charge in [0.1, 0.15) is 27.6 Å². The standard InChI is InChI=1S/C17H13F3IN5S/c1-2-27-16-13(15-23-10-5-4-8-22-14(10)25(15)9-21)24-12-7-3-6-11(26(12)16)17(18,19)20/h3-8H,2,9H2,1H3. The highest BCUT2D eigenvalue weighted by Crippen LogP contribution is 2.38. The Labute approximate surface area is 170 Å². The molecule has 4 heterocycles. The number of halogens is 4. The Hall–Kier alpha value is -1.82. The van der Waals surface area contributed by atoms with Gasteiger partial charge in [-0.2, -0.15) is 13.2 Å². The summed E-state index contributed by atoms with van der Waals surface area (Å²) in [5.74, 6) is 1.13. The van der Waals surface area contributed by atoms with Crippen molar-refractivity contribution in [1.29, 1.82) is 0 Å². The lowest BCUT2D eigenvalue weighted by Crippen LogP contribution is -2.11. The largest absolute Gasteiger partial charge is 0.431 e. The van der Waals surface area contributed by atoms with E-state index in [1.165, 1.54) is 22.2 Å². The van der Waals surface area contributed by atoms with Crippen molar-refractivity contribution < 1.29 is 13.2 Å². The van der Waals surface area contributed by atoms with E-state index >= 15 is 0 Å². The van der Waals surface area contributed by atoms with Crippen LogP contribution in [0.5, 0.6) is 0 Å². The van der Waals surface area contributed by atoms with Crippen LogP contribution in [0.2, 0.25) is 0 Å². The maximum atomic E-state index is 13.6. The molecule has 4 aromatic rings. The maximum Gasteiger partial charge on any atom is 0.431 e.